The molecule has 1 aliphatic rings. The first-order valence-corrected chi connectivity index (χ1v) is 27.2. The second-order valence-corrected chi connectivity index (χ2v) is 19.4. The second kappa shape index (κ2) is 37.9. The van der Waals surface area contributed by atoms with Crippen LogP contribution in [-0.4, -0.2) is 103 Å². The van der Waals surface area contributed by atoms with Crippen molar-refractivity contribution in [2.45, 2.75) is 224 Å². The quantitative estimate of drug-likeness (QED) is 0.0131. The zero-order valence-corrected chi connectivity index (χ0v) is 40.9. The number of unbranched alkanes of at least 4 members (excludes halogenated alkanes) is 18. The van der Waals surface area contributed by atoms with Gasteiger partial charge in [-0.3, -0.25) is 23.2 Å². The van der Waals surface area contributed by atoms with Gasteiger partial charge in [-0.2, -0.15) is 0 Å². The van der Waals surface area contributed by atoms with E-state index in [-0.39, 0.29) is 12.8 Å². The largest absolute Gasteiger partial charge is 0.472 e. The van der Waals surface area contributed by atoms with Crippen molar-refractivity contribution in [3.8, 4) is 0 Å². The molecule has 0 amide bonds. The smallest absolute Gasteiger partial charge is 0.462 e. The fraction of sp³-hybridized carbons (Fsp3) is 0.787. The molecule has 3 unspecified atom stereocenters. The SMILES string of the molecule is CCCCC/C=C/C/C=C/C/C=C/C/C=C\CCCC(=O)O[C@H](COC(=O)CCCCCCCCCCCCCCCCC)COP(=O)(O)OC1[C@H](O)[C@H](O)C(OP(=O)(O)O)[C@H](O)[C@H]1O. The van der Waals surface area contributed by atoms with Gasteiger partial charge in [0.15, 0.2) is 6.10 Å². The van der Waals surface area contributed by atoms with Crippen molar-refractivity contribution in [1.29, 1.82) is 0 Å². The maximum Gasteiger partial charge on any atom is 0.472 e. The van der Waals surface area contributed by atoms with Crippen LogP contribution in [0.15, 0.2) is 48.6 Å². The number of hydrogen-bond acceptors (Lipinski definition) is 13. The number of rotatable bonds is 40. The van der Waals surface area contributed by atoms with Crippen molar-refractivity contribution in [3.05, 3.63) is 48.6 Å². The van der Waals surface area contributed by atoms with Gasteiger partial charge in [-0.25, -0.2) is 9.13 Å². The zero-order chi connectivity index (χ0) is 48.2. The van der Waals surface area contributed by atoms with Crippen molar-refractivity contribution in [2.75, 3.05) is 13.2 Å². The molecule has 8 atom stereocenters. The maximum atomic E-state index is 12.9. The van der Waals surface area contributed by atoms with Gasteiger partial charge in [0.25, 0.3) is 0 Å². The lowest BCUT2D eigenvalue weighted by atomic mass is 9.85. The van der Waals surface area contributed by atoms with E-state index in [1.165, 1.54) is 83.5 Å². The molecule has 16 nitrogen and oxygen atoms in total. The first-order valence-electron chi connectivity index (χ1n) is 24.2. The molecule has 0 aromatic carbocycles. The number of allylic oxidation sites excluding steroid dienone is 8. The van der Waals surface area contributed by atoms with Gasteiger partial charge < -0.3 is 44.6 Å². The van der Waals surface area contributed by atoms with E-state index in [0.29, 0.717) is 19.3 Å². The third-order valence-electron chi connectivity index (χ3n) is 10.9. The fourth-order valence-corrected chi connectivity index (χ4v) is 8.67. The van der Waals surface area contributed by atoms with Crippen LogP contribution in [0.25, 0.3) is 0 Å². The minimum absolute atomic E-state index is 0.0248. The lowest BCUT2D eigenvalue weighted by Gasteiger charge is -2.43. The number of carbonyl (C=O) groups is 2. The summed E-state index contributed by atoms with van der Waals surface area (Å²) in [5, 5.41) is 41.5. The molecule has 1 saturated carbocycles. The molecule has 0 bridgehead atoms. The molecule has 18 heteroatoms. The van der Waals surface area contributed by atoms with Gasteiger partial charge >= 0.3 is 27.6 Å². The molecule has 378 valence electrons. The highest BCUT2D eigenvalue weighted by Crippen LogP contribution is 2.48. The summed E-state index contributed by atoms with van der Waals surface area (Å²) >= 11 is 0. The number of phosphoric acid groups is 2. The lowest BCUT2D eigenvalue weighted by molar-refractivity contribution is -0.216. The van der Waals surface area contributed by atoms with E-state index in [9.17, 15) is 44.0 Å². The van der Waals surface area contributed by atoms with Crippen LogP contribution < -0.4 is 0 Å². The average Bonchev–Trinajstić information content (AvgIpc) is 3.26. The maximum absolute atomic E-state index is 12.9. The highest BCUT2D eigenvalue weighted by Gasteiger charge is 2.54. The zero-order valence-electron chi connectivity index (χ0n) is 39.2. The molecule has 0 heterocycles. The number of ether oxygens (including phenoxy) is 2. The van der Waals surface area contributed by atoms with Crippen molar-refractivity contribution < 1.29 is 76.9 Å². The highest BCUT2D eigenvalue weighted by atomic mass is 31.2. The molecule has 0 aromatic heterocycles. The number of aliphatic hydroxyl groups is 4. The van der Waals surface area contributed by atoms with Crippen molar-refractivity contribution in [1.82, 2.24) is 0 Å². The molecular formula is C47H84O16P2. The fourth-order valence-electron chi connectivity index (χ4n) is 7.14. The summed E-state index contributed by atoms with van der Waals surface area (Å²) in [5.74, 6) is -1.25. The Morgan fingerprint density at radius 1 is 0.492 bits per heavy atom. The van der Waals surface area contributed by atoms with Gasteiger partial charge in [0, 0.05) is 12.8 Å². The van der Waals surface area contributed by atoms with Crippen molar-refractivity contribution >= 4 is 27.6 Å². The summed E-state index contributed by atoms with van der Waals surface area (Å²) in [4.78, 5) is 54.0. The Balaban J connectivity index is 2.61. The van der Waals surface area contributed by atoms with E-state index in [0.717, 1.165) is 51.4 Å². The lowest BCUT2D eigenvalue weighted by Crippen LogP contribution is -2.64. The van der Waals surface area contributed by atoms with E-state index >= 15 is 0 Å². The molecule has 0 spiro atoms. The van der Waals surface area contributed by atoms with Gasteiger partial charge in [0.2, 0.25) is 0 Å². The highest BCUT2D eigenvalue weighted by molar-refractivity contribution is 7.47. The molecular weight excluding hydrogens is 882 g/mol. The van der Waals surface area contributed by atoms with Crippen LogP contribution in [-0.2, 0) is 41.8 Å². The second-order valence-electron chi connectivity index (χ2n) is 16.8. The van der Waals surface area contributed by atoms with Crippen LogP contribution in [0.5, 0.6) is 0 Å². The minimum atomic E-state index is -5.31. The van der Waals surface area contributed by atoms with Gasteiger partial charge in [-0.15, -0.1) is 0 Å². The van der Waals surface area contributed by atoms with Crippen LogP contribution in [0.2, 0.25) is 0 Å². The average molecular weight is 967 g/mol. The van der Waals surface area contributed by atoms with E-state index < -0.39 is 83.5 Å². The first-order chi connectivity index (χ1) is 31.1. The minimum Gasteiger partial charge on any atom is -0.462 e. The topological polar surface area (TPSA) is 256 Å². The Hall–Kier alpha value is -2.04. The van der Waals surface area contributed by atoms with Crippen molar-refractivity contribution in [3.63, 3.8) is 0 Å². The molecule has 0 saturated heterocycles. The van der Waals surface area contributed by atoms with Crippen LogP contribution >= 0.6 is 15.6 Å². The molecule has 0 radical (unpaired) electrons. The van der Waals surface area contributed by atoms with Gasteiger partial charge in [0.1, 0.15) is 43.2 Å². The summed E-state index contributed by atoms with van der Waals surface area (Å²) in [5.41, 5.74) is 0. The van der Waals surface area contributed by atoms with Gasteiger partial charge in [-0.1, -0.05) is 165 Å². The standard InChI is InChI=1S/C47H84O16P2/c1-3-5-7-9-11-13-15-17-19-20-22-24-26-28-30-32-34-36-41(49)61-39(37-59-40(48)35-33-31-29-27-25-23-21-18-16-14-12-10-8-6-4-2)38-60-65(57,58)63-47-44(52)42(50)46(43(51)45(47)53)62-64(54,55)56/h11,13,17,19,22,24,28,30,39,42-47,50-53H,3-10,12,14-16,18,20-21,23,25-27,29,31-38H2,1-2H3,(H,57,58)(H2,54,55,56)/b13-11+,19-17+,24-22+,30-28-/t39-,42-,43+,44-,45-,46?,47?/m1/s1. The molecule has 0 aromatic rings. The number of hydrogen-bond donors (Lipinski definition) is 7. The molecule has 65 heavy (non-hydrogen) atoms. The monoisotopic (exact) mass is 967 g/mol. The molecule has 7 N–H and O–H groups in total. The van der Waals surface area contributed by atoms with Crippen LogP contribution in [0, 0.1) is 0 Å². The Bertz CT molecular complexity index is 1430. The number of carbonyl (C=O) groups excluding carboxylic acids is 2. The third-order valence-corrected chi connectivity index (χ3v) is 12.4. The predicted molar refractivity (Wildman–Crippen MR) is 250 cm³/mol. The summed E-state index contributed by atoms with van der Waals surface area (Å²) in [7, 11) is -10.6. The molecule has 1 fully saturated rings. The molecule has 1 aliphatic carbocycles. The normalized spacial score (nSPS) is 22.0. The van der Waals surface area contributed by atoms with Gasteiger partial charge in [0.05, 0.1) is 6.61 Å². The van der Waals surface area contributed by atoms with E-state index in [2.05, 4.69) is 54.8 Å². The predicted octanol–water partition coefficient (Wildman–Crippen LogP) is 9.29. The van der Waals surface area contributed by atoms with E-state index in [4.69, 9.17) is 28.3 Å². The van der Waals surface area contributed by atoms with Crippen LogP contribution in [0.3, 0.4) is 0 Å². The van der Waals surface area contributed by atoms with E-state index in [1.54, 1.807) is 0 Å². The van der Waals surface area contributed by atoms with Crippen LogP contribution in [0.4, 0.5) is 0 Å². The summed E-state index contributed by atoms with van der Waals surface area (Å²) in [6.45, 7) is 3.07. The number of phosphoric ester groups is 2. The number of aliphatic hydroxyl groups excluding tert-OH is 4. The van der Waals surface area contributed by atoms with Crippen molar-refractivity contribution in [2.24, 2.45) is 0 Å². The molecule has 0 aliphatic heterocycles. The third kappa shape index (κ3) is 32.4. The first kappa shape index (κ1) is 61.0. The number of esters is 2. The Morgan fingerprint density at radius 2 is 0.877 bits per heavy atom. The van der Waals surface area contributed by atoms with Gasteiger partial charge in [-0.05, 0) is 51.4 Å². The molecule has 1 rings (SSSR count). The Morgan fingerprint density at radius 3 is 1.34 bits per heavy atom. The van der Waals surface area contributed by atoms with E-state index in [1.807, 2.05) is 12.2 Å². The summed E-state index contributed by atoms with van der Waals surface area (Å²) < 4.78 is 49.1. The van der Waals surface area contributed by atoms with Crippen LogP contribution in [0.1, 0.15) is 181 Å². The summed E-state index contributed by atoms with van der Waals surface area (Å²) in [6, 6.07) is 0. The Labute approximate surface area is 388 Å². The Kier molecular flexibility index (Phi) is 35.5. The summed E-state index contributed by atoms with van der Waals surface area (Å²) in [6.07, 6.45) is 28.0.